The molecule has 5 N–H and O–H groups in total. The van der Waals surface area contributed by atoms with Crippen LogP contribution in [0.4, 0.5) is 20.7 Å². The molecule has 1 aromatic carbocycles. The second kappa shape index (κ2) is 21.5. The maximum atomic E-state index is 13.4. The van der Waals surface area contributed by atoms with Crippen molar-refractivity contribution in [1.82, 2.24) is 20.1 Å². The van der Waals surface area contributed by atoms with E-state index in [1.54, 1.807) is 18.3 Å². The van der Waals surface area contributed by atoms with Crippen molar-refractivity contribution in [2.24, 2.45) is 0 Å². The highest BCUT2D eigenvalue weighted by atomic mass is 19.1. The predicted molar refractivity (Wildman–Crippen MR) is 175 cm³/mol. The van der Waals surface area contributed by atoms with Crippen molar-refractivity contribution in [3.8, 4) is 0 Å². The van der Waals surface area contributed by atoms with Gasteiger partial charge in [0.25, 0.3) is 0 Å². The van der Waals surface area contributed by atoms with Gasteiger partial charge < -0.3 is 35.5 Å². The molecule has 1 saturated carbocycles. The van der Waals surface area contributed by atoms with Gasteiger partial charge in [-0.2, -0.15) is 0 Å². The molecule has 1 saturated heterocycles. The average molecular weight is 672 g/mol. The first-order valence-corrected chi connectivity index (χ1v) is 15.4. The van der Waals surface area contributed by atoms with Gasteiger partial charge in [-0.1, -0.05) is 25.3 Å². The predicted octanol–water partition coefficient (Wildman–Crippen LogP) is 3.83. The van der Waals surface area contributed by atoms with Gasteiger partial charge in [-0.25, -0.2) is 33.3 Å². The Kier molecular flexibility index (Phi) is 17.4. The zero-order valence-corrected chi connectivity index (χ0v) is 26.5. The number of anilines is 2. The van der Waals surface area contributed by atoms with Gasteiger partial charge in [0.05, 0.1) is 0 Å². The van der Waals surface area contributed by atoms with Crippen LogP contribution in [-0.4, -0.2) is 110 Å². The van der Waals surface area contributed by atoms with Crippen molar-refractivity contribution in [2.45, 2.75) is 44.6 Å². The first-order valence-electron chi connectivity index (χ1n) is 15.4. The molecule has 2 heterocycles. The number of urea groups is 1. The highest BCUT2D eigenvalue weighted by Crippen LogP contribution is 2.24. The third kappa shape index (κ3) is 16.3. The third-order valence-corrected chi connectivity index (χ3v) is 7.25. The Morgan fingerprint density at radius 3 is 1.81 bits per heavy atom. The third-order valence-electron chi connectivity index (χ3n) is 7.25. The number of aliphatic carboxylic acids is 4. The maximum absolute atomic E-state index is 13.4. The van der Waals surface area contributed by atoms with Crippen molar-refractivity contribution in [2.75, 3.05) is 44.2 Å². The summed E-state index contributed by atoms with van der Waals surface area (Å²) in [6, 6.07) is 12.9. The monoisotopic (exact) mass is 671 g/mol. The molecule has 0 bridgehead atoms. The highest BCUT2D eigenvalue weighted by Gasteiger charge is 2.24. The summed E-state index contributed by atoms with van der Waals surface area (Å²) in [5.74, 6) is -4.40. The molecule has 2 aliphatic rings. The minimum absolute atomic E-state index is 0.106. The van der Waals surface area contributed by atoms with Gasteiger partial charge in [-0.15, -0.1) is 0 Å². The number of carboxylic acid groups (broad SMARTS) is 4. The summed E-state index contributed by atoms with van der Waals surface area (Å²) >= 11 is 0. The van der Waals surface area contributed by atoms with Crippen LogP contribution in [0.5, 0.6) is 0 Å². The van der Waals surface area contributed by atoms with Gasteiger partial charge in [-0.3, -0.25) is 4.90 Å². The molecular weight excluding hydrogens is 629 g/mol. The quantitative estimate of drug-likeness (QED) is 0.217. The van der Waals surface area contributed by atoms with E-state index in [0.717, 1.165) is 70.0 Å². The lowest BCUT2D eigenvalue weighted by atomic mass is 9.96. The van der Waals surface area contributed by atoms with Crippen molar-refractivity contribution >= 4 is 41.4 Å². The Bertz CT molecular complexity index is 1310. The zero-order valence-electron chi connectivity index (χ0n) is 26.5. The molecule has 2 amide bonds. The Hall–Kier alpha value is -5.31. The van der Waals surface area contributed by atoms with Crippen LogP contribution in [0.2, 0.25) is 0 Å². The van der Waals surface area contributed by atoms with E-state index < -0.39 is 23.9 Å². The van der Waals surface area contributed by atoms with Gasteiger partial charge in [0.2, 0.25) is 0 Å². The van der Waals surface area contributed by atoms with Crippen LogP contribution in [0.25, 0.3) is 0 Å². The number of nitrogens with zero attached hydrogens (tertiary/aromatic N) is 4. The molecule has 15 heteroatoms. The molecule has 4 rings (SSSR count). The number of hydrogen-bond acceptors (Lipinski definition) is 8. The van der Waals surface area contributed by atoms with Crippen molar-refractivity contribution in [1.29, 1.82) is 0 Å². The molecule has 260 valence electrons. The minimum Gasteiger partial charge on any atom is -0.478 e. The normalized spacial score (nSPS) is 15.1. The van der Waals surface area contributed by atoms with Gasteiger partial charge in [0.1, 0.15) is 11.6 Å². The lowest BCUT2D eigenvalue weighted by Gasteiger charge is -2.36. The Morgan fingerprint density at radius 2 is 1.33 bits per heavy atom. The van der Waals surface area contributed by atoms with E-state index in [1.165, 1.54) is 31.4 Å². The molecule has 0 radical (unpaired) electrons. The Balaban J connectivity index is 0.000000414. The molecule has 14 nitrogen and oxygen atoms in total. The minimum atomic E-state index is -1.26. The van der Waals surface area contributed by atoms with Gasteiger partial charge in [0, 0.05) is 75.0 Å². The van der Waals surface area contributed by atoms with Crippen molar-refractivity contribution in [3.05, 3.63) is 78.8 Å². The van der Waals surface area contributed by atoms with E-state index >= 15 is 0 Å². The number of piperazine rings is 1. The Morgan fingerprint density at radius 1 is 0.792 bits per heavy atom. The largest absolute Gasteiger partial charge is 0.478 e. The van der Waals surface area contributed by atoms with E-state index in [1.807, 2.05) is 23.1 Å². The van der Waals surface area contributed by atoms with Crippen LogP contribution < -0.4 is 10.2 Å². The molecule has 1 aliphatic carbocycles. The van der Waals surface area contributed by atoms with Crippen LogP contribution in [0.15, 0.2) is 73.0 Å². The van der Waals surface area contributed by atoms with E-state index in [-0.39, 0.29) is 11.8 Å². The number of halogens is 1. The molecule has 2 aromatic rings. The molecule has 1 aromatic heterocycles. The van der Waals surface area contributed by atoms with E-state index in [4.69, 9.17) is 20.4 Å². The lowest BCUT2D eigenvalue weighted by molar-refractivity contribution is -0.134. The van der Waals surface area contributed by atoms with Crippen molar-refractivity contribution < 1.29 is 48.8 Å². The SMILES string of the molecule is O=C(NC1CCCCC1)N1CCN(CCCN(c2ccc(F)cc2)c2ccccn2)CC1.O=C(O)C=CC(=O)O.O=C(O)C=CC(=O)O. The summed E-state index contributed by atoms with van der Waals surface area (Å²) in [5, 5.41) is 34.5. The molecule has 0 atom stereocenters. The van der Waals surface area contributed by atoms with E-state index in [0.29, 0.717) is 30.3 Å². The van der Waals surface area contributed by atoms with Gasteiger partial charge in [-0.05, 0) is 62.2 Å². The number of amides is 2. The summed E-state index contributed by atoms with van der Waals surface area (Å²) in [7, 11) is 0. The first-order chi connectivity index (χ1) is 22.9. The number of carboxylic acids is 4. The summed E-state index contributed by atoms with van der Waals surface area (Å²) in [5.41, 5.74) is 0.939. The molecule has 0 spiro atoms. The van der Waals surface area contributed by atoms with Gasteiger partial charge >= 0.3 is 29.9 Å². The Labute approximate surface area is 277 Å². The fraction of sp³-hybridized carbons (Fsp3) is 0.394. The summed E-state index contributed by atoms with van der Waals surface area (Å²) in [6.07, 6.45) is 11.0. The second-order valence-corrected chi connectivity index (χ2v) is 10.8. The molecule has 0 unspecified atom stereocenters. The highest BCUT2D eigenvalue weighted by molar-refractivity contribution is 5.90. The van der Waals surface area contributed by atoms with Crippen LogP contribution in [-0.2, 0) is 19.2 Å². The number of nitrogens with one attached hydrogen (secondary N) is 1. The fourth-order valence-corrected chi connectivity index (χ4v) is 4.94. The zero-order chi connectivity index (χ0) is 35.3. The maximum Gasteiger partial charge on any atom is 0.328 e. The molecule has 2 fully saturated rings. The number of hydrogen-bond donors (Lipinski definition) is 5. The number of rotatable bonds is 11. The average Bonchev–Trinajstić information content (AvgIpc) is 3.07. The van der Waals surface area contributed by atoms with Gasteiger partial charge in [0.15, 0.2) is 0 Å². The molecule has 48 heavy (non-hydrogen) atoms. The van der Waals surface area contributed by atoms with Crippen LogP contribution in [0, 0.1) is 5.82 Å². The molecule has 1 aliphatic heterocycles. The number of carbonyl (C=O) groups excluding carboxylic acids is 1. The first kappa shape index (κ1) is 38.9. The molecular formula is C33H42FN5O9. The smallest absolute Gasteiger partial charge is 0.328 e. The second-order valence-electron chi connectivity index (χ2n) is 10.8. The lowest BCUT2D eigenvalue weighted by Crippen LogP contribution is -2.53. The standard InChI is InChI=1S/C25H34FN5O.2C4H4O4/c26-21-10-12-23(13-11-21)31(24-9-4-5-14-27-24)16-6-15-29-17-19-30(20-18-29)25(32)28-22-7-2-1-3-8-22;2*5-3(6)1-2-4(7)8/h4-5,9-14,22H,1-3,6-8,15-20H2,(H,28,32);2*1-2H,(H,5,6)(H,7,8). The number of aromatic nitrogens is 1. The summed E-state index contributed by atoms with van der Waals surface area (Å²) in [6.45, 7) is 5.12. The summed E-state index contributed by atoms with van der Waals surface area (Å²) in [4.78, 5) is 61.8. The number of carbonyl (C=O) groups is 5. The van der Waals surface area contributed by atoms with Crippen LogP contribution in [0.3, 0.4) is 0 Å². The fourth-order valence-electron chi connectivity index (χ4n) is 4.94. The van der Waals surface area contributed by atoms with E-state index in [9.17, 15) is 28.4 Å². The summed E-state index contributed by atoms with van der Waals surface area (Å²) < 4.78 is 13.4. The van der Waals surface area contributed by atoms with Crippen LogP contribution in [0.1, 0.15) is 38.5 Å². The number of pyridine rings is 1. The van der Waals surface area contributed by atoms with Crippen molar-refractivity contribution in [3.63, 3.8) is 0 Å². The van der Waals surface area contributed by atoms with Crippen LogP contribution >= 0.6 is 0 Å². The number of benzene rings is 1. The topological polar surface area (TPSA) is 201 Å². The van der Waals surface area contributed by atoms with E-state index in [2.05, 4.69) is 20.1 Å².